The van der Waals surface area contributed by atoms with Gasteiger partial charge in [-0.15, -0.1) is 0 Å². The molecule has 0 aliphatic rings. The summed E-state index contributed by atoms with van der Waals surface area (Å²) in [5, 5.41) is 9.17. The summed E-state index contributed by atoms with van der Waals surface area (Å²) in [5.41, 5.74) is 0.239. The second kappa shape index (κ2) is 3.23. The Morgan fingerprint density at radius 3 is 2.75 bits per heavy atom. The molecule has 1 N–H and O–H groups in total. The summed E-state index contributed by atoms with van der Waals surface area (Å²) >= 11 is 2.88. The number of aryl methyl sites for hydroxylation is 1. The summed E-state index contributed by atoms with van der Waals surface area (Å²) in [4.78, 5) is 10.4. The number of carbonyl (C=O) groups is 1. The molecular weight excluding hydrogens is 227 g/mol. The Hall–Kier alpha value is -0.900. The number of carbonyl (C=O) groups excluding carboxylic acids is 1. The Morgan fingerprint density at radius 2 is 2.25 bits per heavy atom. The monoisotopic (exact) mass is 232 g/mol. The number of rotatable bonds is 1. The SMILES string of the molecule is Cc1cc(O)c(C=O)c(Br)c1F. The van der Waals surface area contributed by atoms with Crippen LogP contribution in [0.15, 0.2) is 10.5 Å². The fourth-order valence-corrected chi connectivity index (χ4v) is 1.47. The molecule has 64 valence electrons. The lowest BCUT2D eigenvalue weighted by molar-refractivity contribution is 0.111. The van der Waals surface area contributed by atoms with Crippen LogP contribution in [0.5, 0.6) is 5.75 Å². The average molecular weight is 233 g/mol. The lowest BCUT2D eigenvalue weighted by Crippen LogP contribution is -1.91. The van der Waals surface area contributed by atoms with E-state index in [4.69, 9.17) is 5.11 Å². The molecule has 0 radical (unpaired) electrons. The molecule has 0 spiro atoms. The second-order valence-corrected chi connectivity index (χ2v) is 3.17. The predicted molar refractivity (Wildman–Crippen MR) is 45.9 cm³/mol. The normalized spacial score (nSPS) is 9.92. The van der Waals surface area contributed by atoms with Crippen LogP contribution < -0.4 is 0 Å². The van der Waals surface area contributed by atoms with Crippen LogP contribution >= 0.6 is 15.9 Å². The molecule has 0 aliphatic carbocycles. The number of halogens is 2. The van der Waals surface area contributed by atoms with Gasteiger partial charge in [-0.25, -0.2) is 4.39 Å². The lowest BCUT2D eigenvalue weighted by Gasteiger charge is -2.04. The van der Waals surface area contributed by atoms with Gasteiger partial charge in [-0.1, -0.05) is 0 Å². The van der Waals surface area contributed by atoms with Crippen molar-refractivity contribution in [3.63, 3.8) is 0 Å². The Labute approximate surface area is 77.2 Å². The third-order valence-corrected chi connectivity index (χ3v) is 2.30. The van der Waals surface area contributed by atoms with E-state index in [1.807, 2.05) is 0 Å². The fourth-order valence-electron chi connectivity index (χ4n) is 0.862. The summed E-state index contributed by atoms with van der Waals surface area (Å²) in [7, 11) is 0. The van der Waals surface area contributed by atoms with Crippen molar-refractivity contribution in [3.8, 4) is 5.75 Å². The number of hydrogen-bond acceptors (Lipinski definition) is 2. The second-order valence-electron chi connectivity index (χ2n) is 2.37. The Balaban J connectivity index is 3.51. The molecule has 0 saturated carbocycles. The smallest absolute Gasteiger partial charge is 0.155 e. The fraction of sp³-hybridized carbons (Fsp3) is 0.125. The molecule has 0 bridgehead atoms. The van der Waals surface area contributed by atoms with Gasteiger partial charge in [0.2, 0.25) is 0 Å². The summed E-state index contributed by atoms with van der Waals surface area (Å²) in [6.07, 6.45) is 0.405. The van der Waals surface area contributed by atoms with Gasteiger partial charge in [0.1, 0.15) is 11.6 Å². The average Bonchev–Trinajstić information content (AvgIpc) is 2.01. The molecule has 0 aromatic heterocycles. The van der Waals surface area contributed by atoms with Gasteiger partial charge < -0.3 is 5.11 Å². The van der Waals surface area contributed by atoms with Gasteiger partial charge >= 0.3 is 0 Å². The Morgan fingerprint density at radius 1 is 1.67 bits per heavy atom. The Bertz CT molecular complexity index is 336. The van der Waals surface area contributed by atoms with Crippen molar-refractivity contribution in [2.24, 2.45) is 0 Å². The van der Waals surface area contributed by atoms with Gasteiger partial charge in [-0.2, -0.15) is 0 Å². The first-order valence-corrected chi connectivity index (χ1v) is 4.00. The van der Waals surface area contributed by atoms with E-state index in [1.54, 1.807) is 0 Å². The number of hydrogen-bond donors (Lipinski definition) is 1. The van der Waals surface area contributed by atoms with E-state index >= 15 is 0 Å². The van der Waals surface area contributed by atoms with Crippen molar-refractivity contribution >= 4 is 22.2 Å². The van der Waals surface area contributed by atoms with Crippen LogP contribution in [0, 0.1) is 12.7 Å². The molecule has 12 heavy (non-hydrogen) atoms. The summed E-state index contributed by atoms with van der Waals surface area (Å²) in [6, 6.07) is 1.21. The van der Waals surface area contributed by atoms with Gasteiger partial charge in [-0.05, 0) is 34.5 Å². The minimum atomic E-state index is -0.519. The number of aldehydes is 1. The molecule has 1 aromatic rings. The van der Waals surface area contributed by atoms with E-state index in [-0.39, 0.29) is 15.8 Å². The maximum atomic E-state index is 13.0. The zero-order chi connectivity index (χ0) is 9.30. The van der Waals surface area contributed by atoms with Gasteiger partial charge in [0, 0.05) is 0 Å². The van der Waals surface area contributed by atoms with Crippen LogP contribution in [-0.4, -0.2) is 11.4 Å². The first-order chi connectivity index (χ1) is 5.57. The standard InChI is InChI=1S/C8H6BrFO2/c1-4-2-6(12)5(3-11)7(9)8(4)10/h2-3,12H,1H3. The van der Waals surface area contributed by atoms with Gasteiger partial charge in [0.05, 0.1) is 10.0 Å². The van der Waals surface area contributed by atoms with Gasteiger partial charge in [0.25, 0.3) is 0 Å². The van der Waals surface area contributed by atoms with E-state index in [1.165, 1.54) is 13.0 Å². The molecule has 4 heteroatoms. The Kier molecular flexibility index (Phi) is 2.47. The molecule has 2 nitrogen and oxygen atoms in total. The van der Waals surface area contributed by atoms with E-state index < -0.39 is 5.82 Å². The highest BCUT2D eigenvalue weighted by Gasteiger charge is 2.12. The molecule has 1 rings (SSSR count). The van der Waals surface area contributed by atoms with Crippen molar-refractivity contribution in [1.29, 1.82) is 0 Å². The number of benzene rings is 1. The molecule has 0 aliphatic heterocycles. The highest BCUT2D eigenvalue weighted by Crippen LogP contribution is 2.29. The van der Waals surface area contributed by atoms with E-state index in [9.17, 15) is 9.18 Å². The maximum absolute atomic E-state index is 13.0. The van der Waals surface area contributed by atoms with Crippen molar-refractivity contribution in [2.75, 3.05) is 0 Å². The maximum Gasteiger partial charge on any atom is 0.155 e. The topological polar surface area (TPSA) is 37.3 Å². The van der Waals surface area contributed by atoms with Gasteiger partial charge in [-0.3, -0.25) is 4.79 Å². The molecular formula is C8H6BrFO2. The van der Waals surface area contributed by atoms with Crippen LogP contribution in [0.4, 0.5) is 4.39 Å². The van der Waals surface area contributed by atoms with Crippen molar-refractivity contribution < 1.29 is 14.3 Å². The number of aromatic hydroxyl groups is 1. The first-order valence-electron chi connectivity index (χ1n) is 3.20. The summed E-state index contributed by atoms with van der Waals surface area (Å²) < 4.78 is 13.1. The van der Waals surface area contributed by atoms with Crippen molar-refractivity contribution in [2.45, 2.75) is 6.92 Å². The van der Waals surface area contributed by atoms with Crippen molar-refractivity contribution in [3.05, 3.63) is 27.5 Å². The quantitative estimate of drug-likeness (QED) is 0.756. The minimum Gasteiger partial charge on any atom is -0.507 e. The third-order valence-electron chi connectivity index (χ3n) is 1.52. The molecule has 0 fully saturated rings. The molecule has 0 heterocycles. The highest BCUT2D eigenvalue weighted by atomic mass is 79.9. The van der Waals surface area contributed by atoms with E-state index in [0.29, 0.717) is 11.8 Å². The van der Waals surface area contributed by atoms with Crippen LogP contribution in [0.3, 0.4) is 0 Å². The zero-order valence-electron chi connectivity index (χ0n) is 6.27. The lowest BCUT2D eigenvalue weighted by atomic mass is 10.1. The minimum absolute atomic E-state index is 0.00926. The van der Waals surface area contributed by atoms with E-state index in [2.05, 4.69) is 15.9 Å². The number of phenolic OH excluding ortho intramolecular Hbond substituents is 1. The highest BCUT2D eigenvalue weighted by molar-refractivity contribution is 9.10. The van der Waals surface area contributed by atoms with Gasteiger partial charge in [0.15, 0.2) is 6.29 Å². The predicted octanol–water partition coefficient (Wildman–Crippen LogP) is 2.41. The summed E-state index contributed by atoms with van der Waals surface area (Å²) in [5.74, 6) is -0.731. The zero-order valence-corrected chi connectivity index (χ0v) is 7.85. The molecule has 0 unspecified atom stereocenters. The van der Waals surface area contributed by atoms with Crippen LogP contribution in [0.25, 0.3) is 0 Å². The van der Waals surface area contributed by atoms with Crippen LogP contribution in [0.2, 0.25) is 0 Å². The molecule has 0 amide bonds. The third kappa shape index (κ3) is 1.34. The molecule has 1 aromatic carbocycles. The van der Waals surface area contributed by atoms with Crippen LogP contribution in [0.1, 0.15) is 15.9 Å². The van der Waals surface area contributed by atoms with Crippen LogP contribution in [-0.2, 0) is 0 Å². The largest absolute Gasteiger partial charge is 0.507 e. The molecule has 0 saturated heterocycles. The summed E-state index contributed by atoms with van der Waals surface area (Å²) in [6.45, 7) is 1.51. The number of phenols is 1. The van der Waals surface area contributed by atoms with E-state index in [0.717, 1.165) is 0 Å². The molecule has 0 atom stereocenters. The van der Waals surface area contributed by atoms with Crippen molar-refractivity contribution in [1.82, 2.24) is 0 Å². The first kappa shape index (κ1) is 9.19.